The average Bonchev–Trinajstić information content (AvgIpc) is 2.81. The highest BCUT2D eigenvalue weighted by atomic mass is 19.4. The molecule has 1 aromatic rings. The molecular weight excluding hydrogens is 347 g/mol. The summed E-state index contributed by atoms with van der Waals surface area (Å²) >= 11 is 0. The Morgan fingerprint density at radius 3 is 2.58 bits per heavy atom. The van der Waals surface area contributed by atoms with Crippen LogP contribution < -0.4 is 10.1 Å². The van der Waals surface area contributed by atoms with Crippen molar-refractivity contribution in [3.63, 3.8) is 0 Å². The molecule has 26 heavy (non-hydrogen) atoms. The summed E-state index contributed by atoms with van der Waals surface area (Å²) in [5.41, 5.74) is -0.0684. The van der Waals surface area contributed by atoms with E-state index < -0.39 is 17.7 Å². The largest absolute Gasteiger partial charge is 0.491 e. The molecule has 0 radical (unpaired) electrons. The van der Waals surface area contributed by atoms with Gasteiger partial charge in [0.2, 0.25) is 0 Å². The van der Waals surface area contributed by atoms with E-state index in [1.807, 2.05) is 0 Å². The number of hydrogen-bond donors (Lipinski definition) is 2. The van der Waals surface area contributed by atoms with E-state index in [2.05, 4.69) is 0 Å². The Labute approximate surface area is 151 Å². The van der Waals surface area contributed by atoms with E-state index in [0.717, 1.165) is 44.1 Å². The molecule has 0 bridgehead atoms. The van der Waals surface area contributed by atoms with E-state index in [0.29, 0.717) is 5.75 Å². The SMILES string of the molecule is O=C(NC/C=C/c1cccc(OCC2(O)CCCCCC2)c1)C(F)(F)F. The molecule has 1 aliphatic carbocycles. The second-order valence-electron chi connectivity index (χ2n) is 6.61. The van der Waals surface area contributed by atoms with Crippen LogP contribution in [-0.2, 0) is 4.79 Å². The minimum atomic E-state index is -4.88. The lowest BCUT2D eigenvalue weighted by molar-refractivity contribution is -0.173. The number of rotatable bonds is 6. The van der Waals surface area contributed by atoms with Crippen LogP contribution in [-0.4, -0.2) is 35.9 Å². The van der Waals surface area contributed by atoms with Crippen molar-refractivity contribution in [2.45, 2.75) is 50.3 Å². The van der Waals surface area contributed by atoms with Gasteiger partial charge in [0.15, 0.2) is 0 Å². The molecule has 1 aliphatic rings. The first-order valence-corrected chi connectivity index (χ1v) is 8.75. The topological polar surface area (TPSA) is 58.6 Å². The third-order valence-corrected chi connectivity index (χ3v) is 4.35. The average molecular weight is 371 g/mol. The van der Waals surface area contributed by atoms with Gasteiger partial charge in [-0.25, -0.2) is 0 Å². The van der Waals surface area contributed by atoms with Crippen LogP contribution in [0, 0.1) is 0 Å². The summed E-state index contributed by atoms with van der Waals surface area (Å²) in [6, 6.07) is 7.04. The number of halogens is 3. The van der Waals surface area contributed by atoms with Crippen LogP contribution in [0.25, 0.3) is 6.08 Å². The Hall–Kier alpha value is -2.02. The Bertz CT molecular complexity index is 621. The van der Waals surface area contributed by atoms with E-state index >= 15 is 0 Å². The van der Waals surface area contributed by atoms with E-state index in [9.17, 15) is 23.1 Å². The minimum Gasteiger partial charge on any atom is -0.491 e. The molecule has 1 aromatic carbocycles. The fraction of sp³-hybridized carbons (Fsp3) is 0.526. The number of alkyl halides is 3. The third kappa shape index (κ3) is 6.71. The number of amides is 1. The van der Waals surface area contributed by atoms with Crippen molar-refractivity contribution in [1.29, 1.82) is 0 Å². The van der Waals surface area contributed by atoms with Gasteiger partial charge in [0.1, 0.15) is 12.4 Å². The Morgan fingerprint density at radius 1 is 1.23 bits per heavy atom. The van der Waals surface area contributed by atoms with Crippen molar-refractivity contribution >= 4 is 12.0 Å². The van der Waals surface area contributed by atoms with Crippen LogP contribution in [0.15, 0.2) is 30.3 Å². The summed E-state index contributed by atoms with van der Waals surface area (Å²) < 4.78 is 42.0. The molecule has 0 aromatic heterocycles. The maximum absolute atomic E-state index is 12.1. The molecule has 0 saturated heterocycles. The highest BCUT2D eigenvalue weighted by Crippen LogP contribution is 2.28. The van der Waals surface area contributed by atoms with Crippen LogP contribution in [0.2, 0.25) is 0 Å². The summed E-state index contributed by atoms with van der Waals surface area (Å²) in [5, 5.41) is 12.4. The summed E-state index contributed by atoms with van der Waals surface area (Å²) in [6.45, 7) is 0.00495. The van der Waals surface area contributed by atoms with Gasteiger partial charge >= 0.3 is 12.1 Å². The molecule has 144 valence electrons. The number of hydrogen-bond acceptors (Lipinski definition) is 3. The van der Waals surface area contributed by atoms with Gasteiger partial charge in [-0.2, -0.15) is 13.2 Å². The molecule has 4 nitrogen and oxygen atoms in total. The maximum atomic E-state index is 12.1. The lowest BCUT2D eigenvalue weighted by Gasteiger charge is -2.26. The second-order valence-corrected chi connectivity index (χ2v) is 6.61. The standard InChI is InChI=1S/C19H24F3NO3/c20-19(21,22)17(24)23-12-6-8-15-7-5-9-16(13-15)26-14-18(25)10-3-1-2-4-11-18/h5-9,13,25H,1-4,10-12,14H2,(H,23,24)/b8-6+. The van der Waals surface area contributed by atoms with Crippen molar-refractivity contribution < 1.29 is 27.8 Å². The first kappa shape index (κ1) is 20.3. The fourth-order valence-electron chi connectivity index (χ4n) is 2.90. The van der Waals surface area contributed by atoms with Crippen LogP contribution in [0.3, 0.4) is 0 Å². The van der Waals surface area contributed by atoms with E-state index in [1.165, 1.54) is 6.08 Å². The lowest BCUT2D eigenvalue weighted by Crippen LogP contribution is -2.36. The molecule has 0 heterocycles. The van der Waals surface area contributed by atoms with Gasteiger partial charge in [-0.3, -0.25) is 4.79 Å². The molecule has 0 spiro atoms. The van der Waals surface area contributed by atoms with Crippen molar-refractivity contribution in [1.82, 2.24) is 5.32 Å². The van der Waals surface area contributed by atoms with Crippen molar-refractivity contribution in [2.24, 2.45) is 0 Å². The molecule has 1 fully saturated rings. The van der Waals surface area contributed by atoms with Gasteiger partial charge in [-0.15, -0.1) is 0 Å². The van der Waals surface area contributed by atoms with Crippen LogP contribution in [0.4, 0.5) is 13.2 Å². The van der Waals surface area contributed by atoms with Crippen LogP contribution in [0.5, 0.6) is 5.75 Å². The van der Waals surface area contributed by atoms with Crippen molar-refractivity contribution in [3.8, 4) is 5.75 Å². The Balaban J connectivity index is 1.85. The number of carbonyl (C=O) groups is 1. The van der Waals surface area contributed by atoms with Crippen LogP contribution in [0.1, 0.15) is 44.1 Å². The predicted octanol–water partition coefficient (Wildman–Crippen LogP) is 3.84. The summed E-state index contributed by atoms with van der Waals surface area (Å²) in [6.07, 6.45) is 3.86. The zero-order chi connectivity index (χ0) is 19.0. The molecule has 1 amide bonds. The fourth-order valence-corrected chi connectivity index (χ4v) is 2.90. The van der Waals surface area contributed by atoms with Gasteiger partial charge in [0.05, 0.1) is 5.60 Å². The predicted molar refractivity (Wildman–Crippen MR) is 92.7 cm³/mol. The molecule has 2 rings (SSSR count). The van der Waals surface area contributed by atoms with Crippen molar-refractivity contribution in [3.05, 3.63) is 35.9 Å². The second kappa shape index (κ2) is 9.07. The van der Waals surface area contributed by atoms with E-state index in [-0.39, 0.29) is 13.2 Å². The zero-order valence-corrected chi connectivity index (χ0v) is 14.5. The van der Waals surface area contributed by atoms with Gasteiger partial charge in [-0.05, 0) is 30.5 Å². The molecule has 0 unspecified atom stereocenters. The van der Waals surface area contributed by atoms with Gasteiger partial charge in [0, 0.05) is 6.54 Å². The van der Waals surface area contributed by atoms with Crippen molar-refractivity contribution in [2.75, 3.05) is 13.2 Å². The number of aliphatic hydroxyl groups is 1. The normalized spacial score (nSPS) is 17.7. The van der Waals surface area contributed by atoms with Gasteiger partial charge in [0.25, 0.3) is 0 Å². The van der Waals surface area contributed by atoms with Crippen LogP contribution >= 0.6 is 0 Å². The van der Waals surface area contributed by atoms with E-state index in [1.54, 1.807) is 35.7 Å². The molecular formula is C19H24F3NO3. The number of nitrogens with one attached hydrogen (secondary N) is 1. The maximum Gasteiger partial charge on any atom is 0.471 e. The lowest BCUT2D eigenvalue weighted by atomic mass is 9.96. The number of ether oxygens (including phenoxy) is 1. The number of carbonyl (C=O) groups excluding carboxylic acids is 1. The minimum absolute atomic E-state index is 0.219. The molecule has 0 aliphatic heterocycles. The van der Waals surface area contributed by atoms with Gasteiger partial charge in [-0.1, -0.05) is 50.0 Å². The van der Waals surface area contributed by atoms with E-state index in [4.69, 9.17) is 4.74 Å². The smallest absolute Gasteiger partial charge is 0.471 e. The van der Waals surface area contributed by atoms with Gasteiger partial charge < -0.3 is 15.2 Å². The summed E-state index contributed by atoms with van der Waals surface area (Å²) in [4.78, 5) is 10.7. The zero-order valence-electron chi connectivity index (χ0n) is 14.5. The highest BCUT2D eigenvalue weighted by molar-refractivity contribution is 5.81. The third-order valence-electron chi connectivity index (χ3n) is 4.35. The molecule has 7 heteroatoms. The molecule has 0 atom stereocenters. The first-order valence-electron chi connectivity index (χ1n) is 8.75. The highest BCUT2D eigenvalue weighted by Gasteiger charge is 2.38. The summed E-state index contributed by atoms with van der Waals surface area (Å²) in [7, 11) is 0. The quantitative estimate of drug-likeness (QED) is 0.747. The Morgan fingerprint density at radius 2 is 1.92 bits per heavy atom. The molecule has 1 saturated carbocycles. The Kier molecular flexibility index (Phi) is 7.08. The summed E-state index contributed by atoms with van der Waals surface area (Å²) in [5.74, 6) is -1.37. The number of benzene rings is 1. The first-order chi connectivity index (χ1) is 12.3. The monoisotopic (exact) mass is 371 g/mol. The molecule has 2 N–H and O–H groups in total.